The molecule has 1 amide bonds. The number of fused-ring (bicyclic) bond motifs is 1. The lowest BCUT2D eigenvalue weighted by Crippen LogP contribution is -2.45. The maximum absolute atomic E-state index is 13.0. The van der Waals surface area contributed by atoms with Crippen LogP contribution < -0.4 is 10.1 Å². The molecular formula is C25H32N2O2. The van der Waals surface area contributed by atoms with Gasteiger partial charge in [-0.25, -0.2) is 0 Å². The molecule has 4 nitrogen and oxygen atoms in total. The third-order valence-corrected chi connectivity index (χ3v) is 6.18. The van der Waals surface area contributed by atoms with Crippen LogP contribution in [0.3, 0.4) is 0 Å². The van der Waals surface area contributed by atoms with E-state index >= 15 is 0 Å². The number of amides is 1. The number of hydrogen-bond acceptors (Lipinski definition) is 3. The number of ether oxygens (including phenoxy) is 1. The van der Waals surface area contributed by atoms with E-state index in [1.807, 2.05) is 18.2 Å². The number of rotatable bonds is 4. The zero-order valence-corrected chi connectivity index (χ0v) is 17.8. The number of aryl methyl sites for hydroxylation is 1. The lowest BCUT2D eigenvalue weighted by atomic mass is 9.88. The molecule has 0 saturated carbocycles. The van der Waals surface area contributed by atoms with Crippen LogP contribution in [-0.4, -0.2) is 29.5 Å². The molecule has 1 fully saturated rings. The normalized spacial score (nSPS) is 21.8. The second kappa shape index (κ2) is 8.19. The van der Waals surface area contributed by atoms with Gasteiger partial charge in [-0.2, -0.15) is 0 Å². The Hall–Kier alpha value is -2.33. The zero-order chi connectivity index (χ0) is 20.4. The number of likely N-dealkylation sites (tertiary alicyclic amines) is 1. The molecular weight excluding hydrogens is 360 g/mol. The second-order valence-corrected chi connectivity index (χ2v) is 9.20. The van der Waals surface area contributed by atoms with Gasteiger partial charge in [0.25, 0.3) is 0 Å². The first-order valence-corrected chi connectivity index (χ1v) is 10.8. The molecule has 0 radical (unpaired) electrons. The van der Waals surface area contributed by atoms with E-state index in [4.69, 9.17) is 4.74 Å². The summed E-state index contributed by atoms with van der Waals surface area (Å²) in [5, 5.41) is 3.33. The van der Waals surface area contributed by atoms with Crippen molar-refractivity contribution in [3.05, 3.63) is 65.2 Å². The molecule has 0 spiro atoms. The van der Waals surface area contributed by atoms with Crippen molar-refractivity contribution in [1.82, 2.24) is 10.2 Å². The van der Waals surface area contributed by atoms with E-state index in [9.17, 15) is 4.79 Å². The molecule has 4 rings (SSSR count). The summed E-state index contributed by atoms with van der Waals surface area (Å²) in [6, 6.07) is 16.8. The highest BCUT2D eigenvalue weighted by atomic mass is 16.5. The topological polar surface area (TPSA) is 41.6 Å². The molecule has 0 unspecified atom stereocenters. The Morgan fingerprint density at radius 1 is 1.10 bits per heavy atom. The summed E-state index contributed by atoms with van der Waals surface area (Å²) in [7, 11) is 0. The highest BCUT2D eigenvalue weighted by Crippen LogP contribution is 2.39. The summed E-state index contributed by atoms with van der Waals surface area (Å²) in [5.41, 5.74) is 3.46. The predicted octanol–water partition coefficient (Wildman–Crippen LogP) is 4.63. The van der Waals surface area contributed by atoms with Crippen LogP contribution in [0.2, 0.25) is 0 Å². The lowest BCUT2D eigenvalue weighted by molar-refractivity contribution is -0.127. The SMILES string of the molecule is Cc1ccc(CN2CCC(C(=O)N[C@@H]3CC(C)(C)Oc4ccccc43)CC2)cc1. The zero-order valence-electron chi connectivity index (χ0n) is 17.8. The molecule has 1 saturated heterocycles. The van der Waals surface area contributed by atoms with Gasteiger partial charge in [-0.05, 0) is 58.3 Å². The fourth-order valence-electron chi connectivity index (χ4n) is 4.53. The minimum Gasteiger partial charge on any atom is -0.487 e. The quantitative estimate of drug-likeness (QED) is 0.825. The molecule has 2 aliphatic heterocycles. The maximum atomic E-state index is 13.0. The van der Waals surface area contributed by atoms with Crippen molar-refractivity contribution in [3.63, 3.8) is 0 Å². The summed E-state index contributed by atoms with van der Waals surface area (Å²) >= 11 is 0. The van der Waals surface area contributed by atoms with Gasteiger partial charge >= 0.3 is 0 Å². The van der Waals surface area contributed by atoms with Crippen LogP contribution in [0.4, 0.5) is 0 Å². The average Bonchev–Trinajstić information content (AvgIpc) is 2.69. The number of carbonyl (C=O) groups excluding carboxylic acids is 1. The first-order valence-electron chi connectivity index (χ1n) is 10.8. The minimum absolute atomic E-state index is 0.0213. The van der Waals surface area contributed by atoms with Gasteiger partial charge in [0.15, 0.2) is 0 Å². The Kier molecular flexibility index (Phi) is 5.64. The summed E-state index contributed by atoms with van der Waals surface area (Å²) < 4.78 is 6.10. The highest BCUT2D eigenvalue weighted by molar-refractivity contribution is 5.79. The Morgan fingerprint density at radius 3 is 2.52 bits per heavy atom. The number of piperidine rings is 1. The number of nitrogens with one attached hydrogen (secondary N) is 1. The summed E-state index contributed by atoms with van der Waals surface area (Å²) in [5.74, 6) is 1.18. The smallest absolute Gasteiger partial charge is 0.223 e. The van der Waals surface area contributed by atoms with Crippen molar-refractivity contribution in [2.45, 2.75) is 58.2 Å². The van der Waals surface area contributed by atoms with Gasteiger partial charge in [0.05, 0.1) is 6.04 Å². The standard InChI is InChI=1S/C25H32N2O2/c1-18-8-10-19(11-9-18)17-27-14-12-20(13-15-27)24(28)26-22-16-25(2,3)29-23-7-5-4-6-21(22)23/h4-11,20,22H,12-17H2,1-3H3,(H,26,28)/t22-/m1/s1. The molecule has 29 heavy (non-hydrogen) atoms. The van der Waals surface area contributed by atoms with Gasteiger partial charge in [-0.3, -0.25) is 9.69 Å². The monoisotopic (exact) mass is 392 g/mol. The molecule has 2 aromatic rings. The van der Waals surface area contributed by atoms with Crippen LogP contribution in [0.15, 0.2) is 48.5 Å². The number of para-hydroxylation sites is 1. The molecule has 154 valence electrons. The van der Waals surface area contributed by atoms with E-state index in [0.29, 0.717) is 0 Å². The van der Waals surface area contributed by atoms with E-state index in [2.05, 4.69) is 61.3 Å². The van der Waals surface area contributed by atoms with E-state index < -0.39 is 0 Å². The van der Waals surface area contributed by atoms with Gasteiger partial charge in [0.2, 0.25) is 5.91 Å². The fraction of sp³-hybridized carbons (Fsp3) is 0.480. The Balaban J connectivity index is 1.34. The molecule has 2 heterocycles. The number of nitrogens with zero attached hydrogens (tertiary/aromatic N) is 1. The van der Waals surface area contributed by atoms with Crippen LogP contribution in [0, 0.1) is 12.8 Å². The molecule has 2 aromatic carbocycles. The van der Waals surface area contributed by atoms with Gasteiger partial charge in [-0.1, -0.05) is 48.0 Å². The Bertz CT molecular complexity index is 851. The third kappa shape index (κ3) is 4.81. The van der Waals surface area contributed by atoms with Crippen molar-refractivity contribution < 1.29 is 9.53 Å². The van der Waals surface area contributed by atoms with Crippen molar-refractivity contribution >= 4 is 5.91 Å². The third-order valence-electron chi connectivity index (χ3n) is 6.18. The molecule has 4 heteroatoms. The van der Waals surface area contributed by atoms with E-state index in [1.165, 1.54) is 11.1 Å². The largest absolute Gasteiger partial charge is 0.487 e. The van der Waals surface area contributed by atoms with Gasteiger partial charge in [0.1, 0.15) is 11.4 Å². The van der Waals surface area contributed by atoms with Gasteiger partial charge in [0, 0.05) is 24.4 Å². The van der Waals surface area contributed by atoms with Crippen LogP contribution in [0.25, 0.3) is 0 Å². The number of hydrogen-bond donors (Lipinski definition) is 1. The highest BCUT2D eigenvalue weighted by Gasteiger charge is 2.35. The predicted molar refractivity (Wildman–Crippen MR) is 116 cm³/mol. The summed E-state index contributed by atoms with van der Waals surface area (Å²) in [4.78, 5) is 15.5. The number of carbonyl (C=O) groups is 1. The van der Waals surface area contributed by atoms with Crippen molar-refractivity contribution in [3.8, 4) is 5.75 Å². The lowest BCUT2D eigenvalue weighted by Gasteiger charge is -2.39. The second-order valence-electron chi connectivity index (χ2n) is 9.20. The summed E-state index contributed by atoms with van der Waals surface area (Å²) in [6.07, 6.45) is 2.64. The number of benzene rings is 2. The maximum Gasteiger partial charge on any atom is 0.223 e. The molecule has 1 N–H and O–H groups in total. The molecule has 0 bridgehead atoms. The van der Waals surface area contributed by atoms with Crippen LogP contribution >= 0.6 is 0 Å². The van der Waals surface area contributed by atoms with E-state index in [1.54, 1.807) is 0 Å². The van der Waals surface area contributed by atoms with Crippen LogP contribution in [0.5, 0.6) is 5.75 Å². The average molecular weight is 393 g/mol. The minimum atomic E-state index is -0.274. The van der Waals surface area contributed by atoms with Crippen molar-refractivity contribution in [1.29, 1.82) is 0 Å². The van der Waals surface area contributed by atoms with Crippen molar-refractivity contribution in [2.75, 3.05) is 13.1 Å². The first kappa shape index (κ1) is 20.0. The Morgan fingerprint density at radius 2 is 1.79 bits per heavy atom. The first-order chi connectivity index (χ1) is 13.9. The molecule has 0 aromatic heterocycles. The van der Waals surface area contributed by atoms with Gasteiger partial charge < -0.3 is 10.1 Å². The van der Waals surface area contributed by atoms with E-state index in [0.717, 1.165) is 50.2 Å². The molecule has 1 atom stereocenters. The van der Waals surface area contributed by atoms with E-state index in [-0.39, 0.29) is 23.5 Å². The van der Waals surface area contributed by atoms with Gasteiger partial charge in [-0.15, -0.1) is 0 Å². The molecule has 0 aliphatic carbocycles. The van der Waals surface area contributed by atoms with Crippen LogP contribution in [-0.2, 0) is 11.3 Å². The fourth-order valence-corrected chi connectivity index (χ4v) is 4.53. The Labute approximate surface area is 174 Å². The summed E-state index contributed by atoms with van der Waals surface area (Å²) in [6.45, 7) is 9.21. The van der Waals surface area contributed by atoms with Crippen molar-refractivity contribution in [2.24, 2.45) is 5.92 Å². The molecule has 2 aliphatic rings. The van der Waals surface area contributed by atoms with Crippen LogP contribution in [0.1, 0.15) is 55.8 Å².